The van der Waals surface area contributed by atoms with E-state index < -0.39 is 17.8 Å². The highest BCUT2D eigenvalue weighted by atomic mass is 16.7. The molecule has 102 valence electrons. The third-order valence-electron chi connectivity index (χ3n) is 3.02. The number of rotatable bonds is 7. The number of hydrogen-bond donors (Lipinski definition) is 1. The molecule has 0 spiro atoms. The highest BCUT2D eigenvalue weighted by molar-refractivity contribution is 6.01. The quantitative estimate of drug-likeness (QED) is 0.536. The maximum Gasteiger partial charge on any atom is 0.336 e. The Kier molecular flexibility index (Phi) is 5.77. The predicted molar refractivity (Wildman–Crippen MR) is 63.9 cm³/mol. The number of nitrogens with zero attached hydrogens (tertiary/aromatic N) is 1. The number of imide groups is 1. The van der Waals surface area contributed by atoms with Crippen LogP contribution in [0.1, 0.15) is 45.4 Å². The van der Waals surface area contributed by atoms with Gasteiger partial charge in [0.15, 0.2) is 0 Å². The first-order valence-corrected chi connectivity index (χ1v) is 6.37. The zero-order valence-corrected chi connectivity index (χ0v) is 10.7. The summed E-state index contributed by atoms with van der Waals surface area (Å²) < 4.78 is 0. The first kappa shape index (κ1) is 14.6. The molecule has 1 saturated heterocycles. The molecule has 1 heterocycles. The van der Waals surface area contributed by atoms with Gasteiger partial charge in [-0.2, -0.15) is 0 Å². The van der Waals surface area contributed by atoms with Crippen LogP contribution in [-0.4, -0.2) is 29.4 Å². The molecule has 1 rings (SSSR count). The summed E-state index contributed by atoms with van der Waals surface area (Å²) in [5.74, 6) is -1.66. The fourth-order valence-electron chi connectivity index (χ4n) is 1.85. The third-order valence-corrected chi connectivity index (χ3v) is 3.02. The number of amides is 2. The van der Waals surface area contributed by atoms with Crippen LogP contribution in [0.5, 0.6) is 0 Å². The van der Waals surface area contributed by atoms with Crippen molar-refractivity contribution in [2.75, 3.05) is 6.54 Å². The van der Waals surface area contributed by atoms with Crippen molar-refractivity contribution in [3.63, 3.8) is 0 Å². The Labute approximate surface area is 106 Å². The van der Waals surface area contributed by atoms with Crippen molar-refractivity contribution in [2.45, 2.75) is 45.4 Å². The van der Waals surface area contributed by atoms with Crippen LogP contribution in [0, 0.1) is 5.92 Å². The predicted octanol–water partition coefficient (Wildman–Crippen LogP) is 0.749. The molecule has 6 nitrogen and oxygen atoms in total. The fourth-order valence-corrected chi connectivity index (χ4v) is 1.85. The van der Waals surface area contributed by atoms with Crippen LogP contribution in [0.2, 0.25) is 0 Å². The number of carbonyl (C=O) groups excluding carboxylic acids is 3. The molecule has 0 aromatic heterocycles. The van der Waals surface area contributed by atoms with E-state index in [1.165, 1.54) is 0 Å². The van der Waals surface area contributed by atoms with Gasteiger partial charge in [-0.25, -0.2) is 4.79 Å². The van der Waals surface area contributed by atoms with Gasteiger partial charge in [-0.1, -0.05) is 13.3 Å². The molecule has 6 heteroatoms. The molecule has 0 saturated carbocycles. The van der Waals surface area contributed by atoms with E-state index in [0.717, 1.165) is 12.8 Å². The van der Waals surface area contributed by atoms with Gasteiger partial charge < -0.3 is 10.6 Å². The Bertz CT molecular complexity index is 314. The Morgan fingerprint density at radius 3 is 2.44 bits per heavy atom. The molecule has 2 N–H and O–H groups in total. The van der Waals surface area contributed by atoms with Gasteiger partial charge in [0, 0.05) is 12.8 Å². The maximum atomic E-state index is 11.8. The summed E-state index contributed by atoms with van der Waals surface area (Å²) in [7, 11) is 0. The highest BCUT2D eigenvalue weighted by Crippen LogP contribution is 2.18. The van der Waals surface area contributed by atoms with Gasteiger partial charge in [-0.3, -0.25) is 9.59 Å². The Hall–Kier alpha value is -1.43. The van der Waals surface area contributed by atoms with E-state index in [1.54, 1.807) is 0 Å². The molecule has 18 heavy (non-hydrogen) atoms. The third kappa shape index (κ3) is 3.80. The summed E-state index contributed by atoms with van der Waals surface area (Å²) in [4.78, 5) is 39.3. The van der Waals surface area contributed by atoms with Gasteiger partial charge in [0.25, 0.3) is 11.8 Å². The summed E-state index contributed by atoms with van der Waals surface area (Å²) in [6.07, 6.45) is 3.23. The minimum atomic E-state index is -0.502. The summed E-state index contributed by atoms with van der Waals surface area (Å²) in [5, 5.41) is 0.605. The first-order valence-electron chi connectivity index (χ1n) is 6.37. The summed E-state index contributed by atoms with van der Waals surface area (Å²) >= 11 is 0. The molecule has 2 amide bonds. The van der Waals surface area contributed by atoms with Crippen molar-refractivity contribution in [1.29, 1.82) is 0 Å². The lowest BCUT2D eigenvalue weighted by Crippen LogP contribution is -2.34. The molecule has 1 aliphatic heterocycles. The second-order valence-corrected chi connectivity index (χ2v) is 4.38. The van der Waals surface area contributed by atoms with Crippen LogP contribution >= 0.6 is 0 Å². The van der Waals surface area contributed by atoms with Crippen molar-refractivity contribution in [3.8, 4) is 0 Å². The average molecular weight is 256 g/mol. The summed E-state index contributed by atoms with van der Waals surface area (Å²) in [5.41, 5.74) is 5.39. The standard InChI is InChI=1S/C12H20N2O4/c1-2-9(5-3-4-8-13)12(17)18-14-10(15)6-7-11(14)16/h9H,2-8,13H2,1H3. The largest absolute Gasteiger partial charge is 0.336 e. The zero-order chi connectivity index (χ0) is 13.5. The molecule has 0 radical (unpaired) electrons. The number of unbranched alkanes of at least 4 members (excludes halogenated alkanes) is 1. The molecule has 0 aliphatic carbocycles. The molecular formula is C12H20N2O4. The van der Waals surface area contributed by atoms with E-state index in [1.807, 2.05) is 6.92 Å². The van der Waals surface area contributed by atoms with Crippen molar-refractivity contribution in [1.82, 2.24) is 5.06 Å². The number of hydrogen-bond acceptors (Lipinski definition) is 5. The van der Waals surface area contributed by atoms with Crippen molar-refractivity contribution in [2.24, 2.45) is 11.7 Å². The first-order chi connectivity index (χ1) is 8.60. The van der Waals surface area contributed by atoms with Gasteiger partial charge in [-0.15, -0.1) is 5.06 Å². The molecule has 1 fully saturated rings. The fraction of sp³-hybridized carbons (Fsp3) is 0.750. The molecule has 0 aromatic carbocycles. The summed E-state index contributed by atoms with van der Waals surface area (Å²) in [6.45, 7) is 2.47. The van der Waals surface area contributed by atoms with Crippen molar-refractivity contribution < 1.29 is 19.2 Å². The molecule has 0 bridgehead atoms. The Morgan fingerprint density at radius 1 is 1.33 bits per heavy atom. The van der Waals surface area contributed by atoms with E-state index in [9.17, 15) is 14.4 Å². The van der Waals surface area contributed by atoms with Gasteiger partial charge in [0.05, 0.1) is 5.92 Å². The van der Waals surface area contributed by atoms with E-state index in [4.69, 9.17) is 10.6 Å². The lowest BCUT2D eigenvalue weighted by molar-refractivity contribution is -0.200. The van der Waals surface area contributed by atoms with Crippen LogP contribution in [0.4, 0.5) is 0 Å². The smallest absolute Gasteiger partial charge is 0.330 e. The molecule has 1 aliphatic rings. The molecular weight excluding hydrogens is 236 g/mol. The molecule has 1 atom stereocenters. The van der Waals surface area contributed by atoms with Crippen LogP contribution in [0.3, 0.4) is 0 Å². The average Bonchev–Trinajstić information content (AvgIpc) is 2.66. The van der Waals surface area contributed by atoms with E-state index in [-0.39, 0.29) is 18.8 Å². The minimum absolute atomic E-state index is 0.121. The maximum absolute atomic E-state index is 11.8. The zero-order valence-electron chi connectivity index (χ0n) is 10.7. The van der Waals surface area contributed by atoms with Crippen LogP contribution in [-0.2, 0) is 19.2 Å². The van der Waals surface area contributed by atoms with Gasteiger partial charge in [-0.05, 0) is 25.8 Å². The normalized spacial score (nSPS) is 17.1. The van der Waals surface area contributed by atoms with Crippen molar-refractivity contribution in [3.05, 3.63) is 0 Å². The monoisotopic (exact) mass is 256 g/mol. The highest BCUT2D eigenvalue weighted by Gasteiger charge is 2.34. The van der Waals surface area contributed by atoms with Crippen LogP contribution in [0.25, 0.3) is 0 Å². The molecule has 1 unspecified atom stereocenters. The Balaban J connectivity index is 2.46. The van der Waals surface area contributed by atoms with Gasteiger partial charge in [0.1, 0.15) is 0 Å². The van der Waals surface area contributed by atoms with E-state index >= 15 is 0 Å². The topological polar surface area (TPSA) is 89.7 Å². The van der Waals surface area contributed by atoms with Crippen molar-refractivity contribution >= 4 is 17.8 Å². The Morgan fingerprint density at radius 2 is 1.94 bits per heavy atom. The molecule has 0 aromatic rings. The summed E-state index contributed by atoms with van der Waals surface area (Å²) in [6, 6.07) is 0. The van der Waals surface area contributed by atoms with Crippen LogP contribution in [0.15, 0.2) is 0 Å². The van der Waals surface area contributed by atoms with Gasteiger partial charge in [0.2, 0.25) is 0 Å². The minimum Gasteiger partial charge on any atom is -0.330 e. The SMILES string of the molecule is CCC(CCCCN)C(=O)ON1C(=O)CCC1=O. The number of carbonyl (C=O) groups is 3. The second kappa shape index (κ2) is 7.10. The number of hydroxylamine groups is 2. The van der Waals surface area contributed by atoms with E-state index in [0.29, 0.717) is 24.4 Å². The number of nitrogens with two attached hydrogens (primary N) is 1. The second-order valence-electron chi connectivity index (χ2n) is 4.38. The lowest BCUT2D eigenvalue weighted by Gasteiger charge is -2.17. The lowest BCUT2D eigenvalue weighted by atomic mass is 9.99. The van der Waals surface area contributed by atoms with Gasteiger partial charge >= 0.3 is 5.97 Å². The van der Waals surface area contributed by atoms with E-state index in [2.05, 4.69) is 0 Å². The van der Waals surface area contributed by atoms with Crippen LogP contribution < -0.4 is 5.73 Å².